The second kappa shape index (κ2) is 14.7. The van der Waals surface area contributed by atoms with Gasteiger partial charge in [-0.1, -0.05) is 49.6 Å². The van der Waals surface area contributed by atoms with Crippen LogP contribution in [0.1, 0.15) is 98.8 Å². The molecule has 280 valence electrons. The molecule has 0 aromatic rings. The quantitative estimate of drug-likeness (QED) is 0.248. The Hall–Kier alpha value is -3.19. The lowest BCUT2D eigenvalue weighted by atomic mass is 9.90. The molecule has 6 atom stereocenters. The van der Waals surface area contributed by atoms with Crippen LogP contribution in [0.3, 0.4) is 0 Å². The largest absolute Gasteiger partial charge is 0.444 e. The van der Waals surface area contributed by atoms with Crippen molar-refractivity contribution in [2.45, 2.75) is 133 Å². The Bertz CT molecular complexity index is 1540. The van der Waals surface area contributed by atoms with Crippen LogP contribution in [-0.4, -0.2) is 93.4 Å². The summed E-state index contributed by atoms with van der Waals surface area (Å²) in [7, 11) is 0. The van der Waals surface area contributed by atoms with Crippen LogP contribution < -0.4 is 15.4 Å². The maximum absolute atomic E-state index is 14.4. The molecule has 6 rings (SSSR count). The van der Waals surface area contributed by atoms with E-state index in [4.69, 9.17) is 21.1 Å². The zero-order valence-electron chi connectivity index (χ0n) is 30.3. The topological polar surface area (TPSA) is 146 Å². The van der Waals surface area contributed by atoms with E-state index in [-0.39, 0.29) is 35.5 Å². The standard InChI is InChI=1S/C37H52ClN5O7S/c1-22-13-14-27(38)26-21-42(20-25(22)26)34(48)49-24-17-29-30(44)40-37(32(46)41-51-36(5)15-16-36)18-23(37)11-9-7-6-8-10-12-28(31(45)43(29)19-24)39-33(47)50-35(2,3)4/h9,11,14,22-24,28-29H,6-8,10,12-13,15-21H2,1-5H3,(H,39,47)(H,40,44)(H,41,46)/b11-9-/t22?,23-,24-,28?,29+,37-/m1/s1. The number of carbonyl (C=O) groups excluding carboxylic acids is 5. The fourth-order valence-electron chi connectivity index (χ4n) is 7.38. The molecule has 0 aromatic heterocycles. The second-order valence-electron chi connectivity index (χ2n) is 16.3. The molecule has 1 saturated heterocycles. The maximum atomic E-state index is 14.4. The van der Waals surface area contributed by atoms with E-state index in [1.807, 2.05) is 12.2 Å². The zero-order valence-corrected chi connectivity index (χ0v) is 31.9. The van der Waals surface area contributed by atoms with E-state index in [0.717, 1.165) is 49.7 Å². The number of fused-ring (bicyclic) bond motifs is 2. The maximum Gasteiger partial charge on any atom is 0.410 e. The van der Waals surface area contributed by atoms with E-state index in [1.54, 1.807) is 25.7 Å². The Morgan fingerprint density at radius 2 is 1.88 bits per heavy atom. The first-order chi connectivity index (χ1) is 24.1. The third kappa shape index (κ3) is 8.72. The first kappa shape index (κ1) is 37.6. The molecule has 0 aromatic carbocycles. The molecule has 5 amide bonds. The van der Waals surface area contributed by atoms with Crippen molar-refractivity contribution in [3.05, 3.63) is 34.4 Å². The summed E-state index contributed by atoms with van der Waals surface area (Å²) in [5.74, 6) is -1.13. The van der Waals surface area contributed by atoms with Gasteiger partial charge in [-0.2, -0.15) is 0 Å². The van der Waals surface area contributed by atoms with Gasteiger partial charge in [0.1, 0.15) is 29.3 Å². The molecule has 0 radical (unpaired) electrons. The third-order valence-corrected chi connectivity index (χ3v) is 12.4. The van der Waals surface area contributed by atoms with Crippen molar-refractivity contribution in [2.24, 2.45) is 11.8 Å². The number of allylic oxidation sites excluding steroid dienone is 2. The van der Waals surface area contributed by atoms with Crippen molar-refractivity contribution in [3.8, 4) is 0 Å². The average Bonchev–Trinajstić information content (AvgIpc) is 3.82. The van der Waals surface area contributed by atoms with Gasteiger partial charge in [0.2, 0.25) is 11.8 Å². The highest BCUT2D eigenvalue weighted by Crippen LogP contribution is 2.49. The summed E-state index contributed by atoms with van der Waals surface area (Å²) in [5.41, 5.74) is 0.145. The molecule has 3 aliphatic heterocycles. The summed E-state index contributed by atoms with van der Waals surface area (Å²) in [4.78, 5) is 71.9. The molecule has 0 spiro atoms. The third-order valence-electron chi connectivity index (χ3n) is 10.8. The zero-order chi connectivity index (χ0) is 36.7. The minimum absolute atomic E-state index is 0.00204. The van der Waals surface area contributed by atoms with Gasteiger partial charge in [-0.25, -0.2) is 9.59 Å². The molecule has 2 unspecified atom stereocenters. The fourth-order valence-corrected chi connectivity index (χ4v) is 8.47. The van der Waals surface area contributed by atoms with Crippen molar-refractivity contribution in [2.75, 3.05) is 19.6 Å². The van der Waals surface area contributed by atoms with Crippen LogP contribution in [0.15, 0.2) is 34.4 Å². The summed E-state index contributed by atoms with van der Waals surface area (Å²) in [6, 6.07) is -1.99. The van der Waals surface area contributed by atoms with Crippen LogP contribution in [0.2, 0.25) is 0 Å². The van der Waals surface area contributed by atoms with E-state index in [9.17, 15) is 24.0 Å². The minimum Gasteiger partial charge on any atom is -0.444 e. The Morgan fingerprint density at radius 3 is 2.59 bits per heavy atom. The molecular weight excluding hydrogens is 694 g/mol. The summed E-state index contributed by atoms with van der Waals surface area (Å²) in [5, 5.41) is 6.46. The van der Waals surface area contributed by atoms with Gasteiger partial charge in [0.15, 0.2) is 0 Å². The van der Waals surface area contributed by atoms with Gasteiger partial charge < -0.3 is 25.0 Å². The predicted octanol–water partition coefficient (Wildman–Crippen LogP) is 5.47. The van der Waals surface area contributed by atoms with E-state index in [0.29, 0.717) is 37.4 Å². The van der Waals surface area contributed by atoms with E-state index in [1.165, 1.54) is 16.8 Å². The Morgan fingerprint density at radius 1 is 1.12 bits per heavy atom. The van der Waals surface area contributed by atoms with Gasteiger partial charge in [0.05, 0.1) is 13.1 Å². The van der Waals surface area contributed by atoms with Crippen molar-refractivity contribution in [3.63, 3.8) is 0 Å². The molecule has 0 bridgehead atoms. The van der Waals surface area contributed by atoms with E-state index < -0.39 is 53.3 Å². The van der Waals surface area contributed by atoms with Gasteiger partial charge >= 0.3 is 12.2 Å². The first-order valence-electron chi connectivity index (χ1n) is 18.4. The minimum atomic E-state index is -1.15. The molecule has 14 heteroatoms. The number of amides is 5. The Labute approximate surface area is 310 Å². The number of alkyl carbamates (subject to hydrolysis) is 1. The van der Waals surface area contributed by atoms with Gasteiger partial charge in [0.25, 0.3) is 5.91 Å². The fraction of sp³-hybridized carbons (Fsp3) is 0.703. The highest BCUT2D eigenvalue weighted by molar-refractivity contribution is 7.99. The summed E-state index contributed by atoms with van der Waals surface area (Å²) >= 11 is 7.89. The van der Waals surface area contributed by atoms with Gasteiger partial charge in [-0.3, -0.25) is 24.0 Å². The highest BCUT2D eigenvalue weighted by atomic mass is 35.5. The lowest BCUT2D eigenvalue weighted by molar-refractivity contribution is -0.141. The van der Waals surface area contributed by atoms with Crippen molar-refractivity contribution in [1.82, 2.24) is 25.2 Å². The number of hydrogen-bond donors (Lipinski definition) is 3. The van der Waals surface area contributed by atoms with Gasteiger partial charge in [-0.15, -0.1) is 0 Å². The normalized spacial score (nSPS) is 32.6. The summed E-state index contributed by atoms with van der Waals surface area (Å²) in [6.07, 6.45) is 10.8. The number of ether oxygens (including phenoxy) is 2. The van der Waals surface area contributed by atoms with Crippen LogP contribution in [0.25, 0.3) is 0 Å². The number of nitrogens with one attached hydrogen (secondary N) is 3. The van der Waals surface area contributed by atoms with Crippen LogP contribution in [-0.2, 0) is 23.9 Å². The summed E-state index contributed by atoms with van der Waals surface area (Å²) < 4.78 is 14.5. The van der Waals surface area contributed by atoms with Crippen LogP contribution in [0.4, 0.5) is 9.59 Å². The SMILES string of the molecule is CC1CC=C(Cl)C2=C1CN(C(=O)O[C@@H]1C[C@H]3C(=O)N[C@]4(C(=O)NSC5(C)CC5)C[C@H]4/C=C\CCCCCC(NC(=O)OC(C)(C)C)C(=O)N3C1)C2. The van der Waals surface area contributed by atoms with Crippen LogP contribution in [0.5, 0.6) is 0 Å². The molecule has 3 heterocycles. The lowest BCUT2D eigenvalue weighted by Gasteiger charge is -2.30. The molecule has 3 aliphatic carbocycles. The average molecular weight is 746 g/mol. The number of carbonyl (C=O) groups is 5. The van der Waals surface area contributed by atoms with Gasteiger partial charge in [-0.05, 0) is 102 Å². The Balaban J connectivity index is 1.22. The molecule has 3 fully saturated rings. The molecule has 12 nitrogen and oxygen atoms in total. The lowest BCUT2D eigenvalue weighted by Crippen LogP contribution is -2.57. The van der Waals surface area contributed by atoms with E-state index in [2.05, 4.69) is 35.3 Å². The van der Waals surface area contributed by atoms with Crippen molar-refractivity contribution < 1.29 is 33.4 Å². The van der Waals surface area contributed by atoms with E-state index >= 15 is 0 Å². The number of halogens is 1. The molecule has 2 saturated carbocycles. The molecule has 6 aliphatic rings. The second-order valence-corrected chi connectivity index (χ2v) is 18.1. The molecule has 51 heavy (non-hydrogen) atoms. The Kier molecular flexibility index (Phi) is 10.8. The number of nitrogens with zero attached hydrogens (tertiary/aromatic N) is 2. The smallest absolute Gasteiger partial charge is 0.410 e. The highest BCUT2D eigenvalue weighted by Gasteiger charge is 2.61. The molecular formula is C37H52ClN5O7S. The number of rotatable bonds is 5. The van der Waals surface area contributed by atoms with Crippen molar-refractivity contribution in [1.29, 1.82) is 0 Å². The number of hydrogen-bond acceptors (Lipinski definition) is 8. The first-order valence-corrected chi connectivity index (χ1v) is 19.6. The monoisotopic (exact) mass is 745 g/mol. The molecule has 3 N–H and O–H groups in total. The predicted molar refractivity (Wildman–Crippen MR) is 194 cm³/mol. The van der Waals surface area contributed by atoms with Crippen LogP contribution >= 0.6 is 23.5 Å². The van der Waals surface area contributed by atoms with Crippen LogP contribution in [0, 0.1) is 11.8 Å². The van der Waals surface area contributed by atoms with Crippen molar-refractivity contribution >= 4 is 53.5 Å². The summed E-state index contributed by atoms with van der Waals surface area (Å²) in [6.45, 7) is 10.1. The van der Waals surface area contributed by atoms with Gasteiger partial charge in [0, 0.05) is 28.7 Å².